The maximum Gasteiger partial charge on any atom is 0.278 e. The van der Waals surface area contributed by atoms with Crippen molar-refractivity contribution in [1.29, 1.82) is 0 Å². The summed E-state index contributed by atoms with van der Waals surface area (Å²) in [5, 5.41) is 9.99. The van der Waals surface area contributed by atoms with Gasteiger partial charge in [0.1, 0.15) is 0 Å². The minimum atomic E-state index is -0.1000. The fourth-order valence-electron chi connectivity index (χ4n) is 1.61. The van der Waals surface area contributed by atoms with E-state index in [0.29, 0.717) is 5.56 Å². The lowest BCUT2D eigenvalue weighted by Gasteiger charge is -1.95. The van der Waals surface area contributed by atoms with Crippen LogP contribution in [-0.4, -0.2) is 15.7 Å². The van der Waals surface area contributed by atoms with Gasteiger partial charge >= 0.3 is 0 Å². The smallest absolute Gasteiger partial charge is 0.267 e. The van der Waals surface area contributed by atoms with E-state index in [9.17, 15) is 4.79 Å². The third-order valence-corrected chi connectivity index (χ3v) is 4.07. The Morgan fingerprint density at radius 3 is 2.89 bits per heavy atom. The maximum atomic E-state index is 12.0. The van der Waals surface area contributed by atoms with Crippen LogP contribution in [0.25, 0.3) is 12.2 Å². The summed E-state index contributed by atoms with van der Waals surface area (Å²) in [6.07, 6.45) is 5.59. The summed E-state index contributed by atoms with van der Waals surface area (Å²) in [6, 6.07) is 7.67. The maximum absolute atomic E-state index is 12.0. The molecule has 0 saturated heterocycles. The van der Waals surface area contributed by atoms with Crippen molar-refractivity contribution < 1.29 is 4.79 Å². The van der Waals surface area contributed by atoms with E-state index in [0.717, 1.165) is 5.69 Å². The van der Waals surface area contributed by atoms with Crippen molar-refractivity contribution in [2.24, 2.45) is 0 Å². The molecular weight excluding hydrogens is 276 g/mol. The normalized spacial score (nSPS) is 11.2. The Morgan fingerprint density at radius 1 is 1.21 bits per heavy atom. The zero-order valence-corrected chi connectivity index (χ0v) is 11.5. The first kappa shape index (κ1) is 12.1. The summed E-state index contributed by atoms with van der Waals surface area (Å²) in [6.45, 7) is 0. The average Bonchev–Trinajstić information content (AvgIpc) is 3.16. The standard InChI is InChI=1S/C14H10N2OS2/c17-14(11-6-9-18-10-11)16-7-5-12(15-16)3-4-13-2-1-8-19-13/h1-10H/b4-3+. The quantitative estimate of drug-likeness (QED) is 0.732. The van der Waals surface area contributed by atoms with E-state index < -0.39 is 0 Å². The molecule has 0 aliphatic carbocycles. The van der Waals surface area contributed by atoms with E-state index >= 15 is 0 Å². The highest BCUT2D eigenvalue weighted by Crippen LogP contribution is 2.13. The van der Waals surface area contributed by atoms with Crippen molar-refractivity contribution in [3.8, 4) is 0 Å². The Bertz CT molecular complexity index is 694. The molecule has 0 bridgehead atoms. The third-order valence-electron chi connectivity index (χ3n) is 2.55. The van der Waals surface area contributed by atoms with Gasteiger partial charge in [-0.25, -0.2) is 4.68 Å². The molecule has 0 saturated carbocycles. The van der Waals surface area contributed by atoms with Gasteiger partial charge in [-0.05, 0) is 41.1 Å². The number of nitrogens with zero attached hydrogens (tertiary/aromatic N) is 2. The first-order valence-electron chi connectivity index (χ1n) is 5.67. The van der Waals surface area contributed by atoms with Crippen LogP contribution in [0.3, 0.4) is 0 Å². The molecule has 0 radical (unpaired) electrons. The first-order valence-corrected chi connectivity index (χ1v) is 7.49. The molecule has 0 fully saturated rings. The lowest BCUT2D eigenvalue weighted by molar-refractivity contribution is 0.0945. The van der Waals surface area contributed by atoms with Gasteiger partial charge in [0, 0.05) is 16.5 Å². The Kier molecular flexibility index (Phi) is 3.39. The second kappa shape index (κ2) is 5.34. The Morgan fingerprint density at radius 2 is 2.16 bits per heavy atom. The van der Waals surface area contributed by atoms with Crippen molar-refractivity contribution in [1.82, 2.24) is 9.78 Å². The number of carbonyl (C=O) groups is 1. The van der Waals surface area contributed by atoms with Crippen LogP contribution in [0, 0.1) is 0 Å². The van der Waals surface area contributed by atoms with E-state index in [-0.39, 0.29) is 5.91 Å². The van der Waals surface area contributed by atoms with Gasteiger partial charge in [-0.3, -0.25) is 4.79 Å². The first-order chi connectivity index (χ1) is 9.33. The van der Waals surface area contributed by atoms with E-state index in [4.69, 9.17) is 0 Å². The molecule has 0 aliphatic heterocycles. The minimum Gasteiger partial charge on any atom is -0.267 e. The summed E-state index contributed by atoms with van der Waals surface area (Å²) in [5.74, 6) is -0.1000. The van der Waals surface area contributed by atoms with Crippen LogP contribution in [0.5, 0.6) is 0 Å². The van der Waals surface area contributed by atoms with Crippen LogP contribution in [0.4, 0.5) is 0 Å². The molecule has 0 atom stereocenters. The monoisotopic (exact) mass is 286 g/mol. The van der Waals surface area contributed by atoms with Crippen LogP contribution in [0.1, 0.15) is 20.9 Å². The summed E-state index contributed by atoms with van der Waals surface area (Å²) in [5.41, 5.74) is 1.44. The number of hydrogen-bond acceptors (Lipinski definition) is 4. The molecule has 3 aromatic rings. The molecule has 0 unspecified atom stereocenters. The highest BCUT2D eigenvalue weighted by molar-refractivity contribution is 7.10. The molecule has 0 spiro atoms. The minimum absolute atomic E-state index is 0.1000. The zero-order chi connectivity index (χ0) is 13.1. The van der Waals surface area contributed by atoms with Gasteiger partial charge < -0.3 is 0 Å². The molecule has 0 aliphatic rings. The molecule has 19 heavy (non-hydrogen) atoms. The summed E-state index contributed by atoms with van der Waals surface area (Å²) >= 11 is 3.17. The van der Waals surface area contributed by atoms with E-state index in [2.05, 4.69) is 5.10 Å². The van der Waals surface area contributed by atoms with Crippen LogP contribution in [-0.2, 0) is 0 Å². The largest absolute Gasteiger partial charge is 0.278 e. The van der Waals surface area contributed by atoms with Crippen LogP contribution in [0.15, 0.2) is 46.6 Å². The fraction of sp³-hybridized carbons (Fsp3) is 0. The van der Waals surface area contributed by atoms with Crippen LogP contribution in [0.2, 0.25) is 0 Å². The molecule has 5 heteroatoms. The molecular formula is C14H10N2OS2. The summed E-state index contributed by atoms with van der Waals surface area (Å²) in [4.78, 5) is 13.2. The third kappa shape index (κ3) is 2.72. The molecule has 3 heterocycles. The Hall–Kier alpha value is -1.98. The number of hydrogen-bond donors (Lipinski definition) is 0. The Labute approximate surface area is 118 Å². The van der Waals surface area contributed by atoms with Crippen molar-refractivity contribution in [2.45, 2.75) is 0 Å². The molecule has 3 nitrogen and oxygen atoms in total. The fourth-order valence-corrected chi connectivity index (χ4v) is 2.86. The second-order valence-electron chi connectivity index (χ2n) is 3.85. The highest BCUT2D eigenvalue weighted by atomic mass is 32.1. The lowest BCUT2D eigenvalue weighted by atomic mass is 10.3. The number of thiophene rings is 2. The molecule has 0 amide bonds. The number of aromatic nitrogens is 2. The molecule has 0 N–H and O–H groups in total. The lowest BCUT2D eigenvalue weighted by Crippen LogP contribution is -2.11. The van der Waals surface area contributed by atoms with Gasteiger partial charge in [0.25, 0.3) is 5.91 Å². The van der Waals surface area contributed by atoms with Gasteiger partial charge in [-0.2, -0.15) is 16.4 Å². The van der Waals surface area contributed by atoms with E-state index in [1.807, 2.05) is 46.5 Å². The molecule has 0 aromatic carbocycles. The second-order valence-corrected chi connectivity index (χ2v) is 5.61. The van der Waals surface area contributed by atoms with E-state index in [1.165, 1.54) is 20.9 Å². The molecule has 3 aromatic heterocycles. The predicted octanol–water partition coefficient (Wildman–Crippen LogP) is 3.87. The van der Waals surface area contributed by atoms with Crippen molar-refractivity contribution in [3.63, 3.8) is 0 Å². The predicted molar refractivity (Wildman–Crippen MR) is 79.5 cm³/mol. The van der Waals surface area contributed by atoms with Gasteiger partial charge in [-0.15, -0.1) is 11.3 Å². The van der Waals surface area contributed by atoms with Gasteiger partial charge in [0.15, 0.2) is 0 Å². The van der Waals surface area contributed by atoms with Crippen LogP contribution >= 0.6 is 22.7 Å². The van der Waals surface area contributed by atoms with Gasteiger partial charge in [0.05, 0.1) is 11.3 Å². The number of rotatable bonds is 3. The average molecular weight is 286 g/mol. The summed E-state index contributed by atoms with van der Waals surface area (Å²) in [7, 11) is 0. The van der Waals surface area contributed by atoms with Gasteiger partial charge in [-0.1, -0.05) is 6.07 Å². The highest BCUT2D eigenvalue weighted by Gasteiger charge is 2.09. The van der Waals surface area contributed by atoms with Crippen molar-refractivity contribution >= 4 is 40.7 Å². The SMILES string of the molecule is O=C(c1ccsc1)n1ccc(/C=C/c2cccs2)n1. The molecule has 3 rings (SSSR count). The summed E-state index contributed by atoms with van der Waals surface area (Å²) < 4.78 is 1.37. The van der Waals surface area contributed by atoms with Crippen molar-refractivity contribution in [2.75, 3.05) is 0 Å². The zero-order valence-electron chi connectivity index (χ0n) is 9.89. The number of carbonyl (C=O) groups excluding carboxylic acids is 1. The van der Waals surface area contributed by atoms with Crippen molar-refractivity contribution in [3.05, 3.63) is 62.7 Å². The van der Waals surface area contributed by atoms with Crippen LogP contribution < -0.4 is 0 Å². The topological polar surface area (TPSA) is 34.9 Å². The van der Waals surface area contributed by atoms with Gasteiger partial charge in [0.2, 0.25) is 0 Å². The van der Waals surface area contributed by atoms with E-state index in [1.54, 1.807) is 23.6 Å². The molecule has 94 valence electrons. The Balaban J connectivity index is 1.78.